The second-order valence-electron chi connectivity index (χ2n) is 4.99. The molecule has 0 aliphatic heterocycles. The van der Waals surface area contributed by atoms with Crippen LogP contribution >= 0.6 is 11.8 Å². The highest BCUT2D eigenvalue weighted by atomic mass is 32.2. The number of thioether (sulfide) groups is 1. The molecule has 0 amide bonds. The summed E-state index contributed by atoms with van der Waals surface area (Å²) < 4.78 is 1.78. The molecule has 2 aromatic rings. The Bertz CT molecular complexity index is 497. The average molecular weight is 291 g/mol. The third-order valence-corrected chi connectivity index (χ3v) is 3.77. The molecule has 20 heavy (non-hydrogen) atoms. The standard InChI is InChI=1S/C14H21N5S/c1-12(2)8-9-15-10-11-20-14-16-17-18-19(14)13-6-4-3-5-7-13/h3-7,12,15H,8-11H2,1-2H3. The lowest BCUT2D eigenvalue weighted by Gasteiger charge is -2.07. The van der Waals surface area contributed by atoms with Gasteiger partial charge in [-0.25, -0.2) is 0 Å². The monoisotopic (exact) mass is 291 g/mol. The van der Waals surface area contributed by atoms with Crippen molar-refractivity contribution in [2.45, 2.75) is 25.4 Å². The molecule has 2 rings (SSSR count). The van der Waals surface area contributed by atoms with E-state index in [4.69, 9.17) is 0 Å². The molecule has 0 aliphatic carbocycles. The number of nitrogens with zero attached hydrogens (tertiary/aromatic N) is 4. The van der Waals surface area contributed by atoms with Gasteiger partial charge in [-0.2, -0.15) is 4.68 Å². The molecule has 0 fully saturated rings. The molecular weight excluding hydrogens is 270 g/mol. The van der Waals surface area contributed by atoms with Crippen LogP contribution in [0.1, 0.15) is 20.3 Å². The molecule has 0 aliphatic rings. The summed E-state index contributed by atoms with van der Waals surface area (Å²) in [6.07, 6.45) is 1.21. The molecule has 1 N–H and O–H groups in total. The molecule has 0 saturated carbocycles. The fourth-order valence-electron chi connectivity index (χ4n) is 1.73. The first-order chi connectivity index (χ1) is 9.77. The van der Waals surface area contributed by atoms with Gasteiger partial charge in [0.15, 0.2) is 0 Å². The van der Waals surface area contributed by atoms with Crippen molar-refractivity contribution in [2.24, 2.45) is 5.92 Å². The third-order valence-electron chi connectivity index (χ3n) is 2.85. The Kier molecular flexibility index (Phi) is 6.01. The van der Waals surface area contributed by atoms with Crippen LogP contribution in [-0.4, -0.2) is 39.0 Å². The third kappa shape index (κ3) is 4.61. The van der Waals surface area contributed by atoms with Gasteiger partial charge in [-0.05, 0) is 41.4 Å². The van der Waals surface area contributed by atoms with Crippen LogP contribution < -0.4 is 5.32 Å². The smallest absolute Gasteiger partial charge is 0.214 e. The summed E-state index contributed by atoms with van der Waals surface area (Å²) >= 11 is 1.67. The van der Waals surface area contributed by atoms with E-state index in [9.17, 15) is 0 Å². The predicted octanol–water partition coefficient (Wildman–Crippen LogP) is 2.39. The van der Waals surface area contributed by atoms with Crippen LogP contribution in [0.4, 0.5) is 0 Å². The topological polar surface area (TPSA) is 55.6 Å². The summed E-state index contributed by atoms with van der Waals surface area (Å²) in [7, 11) is 0. The Morgan fingerprint density at radius 2 is 2.00 bits per heavy atom. The zero-order chi connectivity index (χ0) is 14.2. The summed E-state index contributed by atoms with van der Waals surface area (Å²) in [5.41, 5.74) is 0.993. The van der Waals surface area contributed by atoms with E-state index in [1.807, 2.05) is 30.3 Å². The second kappa shape index (κ2) is 8.01. The summed E-state index contributed by atoms with van der Waals surface area (Å²) in [5.74, 6) is 1.71. The minimum absolute atomic E-state index is 0.750. The van der Waals surface area contributed by atoms with Gasteiger partial charge < -0.3 is 5.32 Å². The maximum absolute atomic E-state index is 4.08. The maximum Gasteiger partial charge on any atom is 0.214 e. The molecule has 1 heterocycles. The Morgan fingerprint density at radius 3 is 2.75 bits per heavy atom. The highest BCUT2D eigenvalue weighted by Gasteiger charge is 2.07. The van der Waals surface area contributed by atoms with Gasteiger partial charge in [0.25, 0.3) is 0 Å². The molecule has 108 valence electrons. The molecule has 0 bridgehead atoms. The van der Waals surface area contributed by atoms with Gasteiger partial charge in [-0.15, -0.1) is 5.10 Å². The highest BCUT2D eigenvalue weighted by Crippen LogP contribution is 2.17. The van der Waals surface area contributed by atoms with Gasteiger partial charge >= 0.3 is 0 Å². The van der Waals surface area contributed by atoms with Crippen LogP contribution in [-0.2, 0) is 0 Å². The SMILES string of the molecule is CC(C)CCNCCSc1nnnn1-c1ccccc1. The first kappa shape index (κ1) is 15.0. The lowest BCUT2D eigenvalue weighted by molar-refractivity contribution is 0.547. The second-order valence-corrected chi connectivity index (χ2v) is 6.05. The molecule has 1 aromatic carbocycles. The number of aromatic nitrogens is 4. The van der Waals surface area contributed by atoms with Crippen LogP contribution in [0.3, 0.4) is 0 Å². The number of para-hydroxylation sites is 1. The number of benzene rings is 1. The van der Waals surface area contributed by atoms with Crippen molar-refractivity contribution in [3.05, 3.63) is 30.3 Å². The predicted molar refractivity (Wildman–Crippen MR) is 82.2 cm³/mol. The van der Waals surface area contributed by atoms with Crippen molar-refractivity contribution >= 4 is 11.8 Å². The summed E-state index contributed by atoms with van der Waals surface area (Å²) in [5, 5.41) is 16.1. The summed E-state index contributed by atoms with van der Waals surface area (Å²) in [6, 6.07) is 9.96. The van der Waals surface area contributed by atoms with Crippen molar-refractivity contribution in [3.63, 3.8) is 0 Å². The zero-order valence-electron chi connectivity index (χ0n) is 12.0. The Balaban J connectivity index is 1.78. The highest BCUT2D eigenvalue weighted by molar-refractivity contribution is 7.99. The quantitative estimate of drug-likeness (QED) is 0.598. The summed E-state index contributed by atoms with van der Waals surface area (Å²) in [6.45, 7) is 6.52. The van der Waals surface area contributed by atoms with E-state index in [0.29, 0.717) is 0 Å². The molecule has 0 atom stereocenters. The van der Waals surface area contributed by atoms with E-state index in [-0.39, 0.29) is 0 Å². The average Bonchev–Trinajstić information content (AvgIpc) is 2.92. The lowest BCUT2D eigenvalue weighted by Crippen LogP contribution is -2.19. The van der Waals surface area contributed by atoms with Crippen molar-refractivity contribution in [2.75, 3.05) is 18.8 Å². The van der Waals surface area contributed by atoms with E-state index in [2.05, 4.69) is 34.7 Å². The Labute approximate surface area is 124 Å². The van der Waals surface area contributed by atoms with E-state index < -0.39 is 0 Å². The number of rotatable bonds is 8. The Hall–Kier alpha value is -1.40. The van der Waals surface area contributed by atoms with Crippen LogP contribution in [0, 0.1) is 5.92 Å². The molecule has 0 spiro atoms. The minimum atomic E-state index is 0.750. The van der Waals surface area contributed by atoms with Crippen molar-refractivity contribution in [1.82, 2.24) is 25.5 Å². The zero-order valence-corrected chi connectivity index (χ0v) is 12.8. The maximum atomic E-state index is 4.08. The normalized spacial score (nSPS) is 11.2. The van der Waals surface area contributed by atoms with Crippen LogP contribution in [0.15, 0.2) is 35.5 Å². The molecular formula is C14H21N5S. The number of hydrogen-bond donors (Lipinski definition) is 1. The van der Waals surface area contributed by atoms with E-state index in [1.54, 1.807) is 16.4 Å². The van der Waals surface area contributed by atoms with Crippen LogP contribution in [0.5, 0.6) is 0 Å². The van der Waals surface area contributed by atoms with Crippen LogP contribution in [0.2, 0.25) is 0 Å². The van der Waals surface area contributed by atoms with Gasteiger partial charge in [0.05, 0.1) is 5.69 Å². The van der Waals surface area contributed by atoms with Crippen molar-refractivity contribution < 1.29 is 0 Å². The Morgan fingerprint density at radius 1 is 1.20 bits per heavy atom. The van der Waals surface area contributed by atoms with E-state index in [0.717, 1.165) is 35.6 Å². The molecule has 6 heteroatoms. The van der Waals surface area contributed by atoms with Crippen LogP contribution in [0.25, 0.3) is 5.69 Å². The number of nitrogens with one attached hydrogen (secondary N) is 1. The molecule has 5 nitrogen and oxygen atoms in total. The molecule has 1 aromatic heterocycles. The molecule has 0 saturated heterocycles. The van der Waals surface area contributed by atoms with Gasteiger partial charge in [-0.3, -0.25) is 0 Å². The molecule has 0 radical (unpaired) electrons. The number of hydrogen-bond acceptors (Lipinski definition) is 5. The van der Waals surface area contributed by atoms with Gasteiger partial charge in [0.1, 0.15) is 0 Å². The van der Waals surface area contributed by atoms with Gasteiger partial charge in [-0.1, -0.05) is 43.8 Å². The fraction of sp³-hybridized carbons (Fsp3) is 0.500. The first-order valence-corrected chi connectivity index (χ1v) is 7.93. The molecule has 0 unspecified atom stereocenters. The minimum Gasteiger partial charge on any atom is -0.316 e. The summed E-state index contributed by atoms with van der Waals surface area (Å²) in [4.78, 5) is 0. The number of tetrazole rings is 1. The van der Waals surface area contributed by atoms with E-state index >= 15 is 0 Å². The van der Waals surface area contributed by atoms with E-state index in [1.165, 1.54) is 6.42 Å². The van der Waals surface area contributed by atoms with Crippen molar-refractivity contribution in [3.8, 4) is 5.69 Å². The van der Waals surface area contributed by atoms with Crippen molar-refractivity contribution in [1.29, 1.82) is 0 Å². The largest absolute Gasteiger partial charge is 0.316 e. The fourth-order valence-corrected chi connectivity index (χ4v) is 2.52. The lowest BCUT2D eigenvalue weighted by atomic mass is 10.1. The van der Waals surface area contributed by atoms with Gasteiger partial charge in [0, 0.05) is 12.3 Å². The van der Waals surface area contributed by atoms with Gasteiger partial charge in [0.2, 0.25) is 5.16 Å². The first-order valence-electron chi connectivity index (χ1n) is 6.94.